The fourth-order valence-electron chi connectivity index (χ4n) is 3.14. The van der Waals surface area contributed by atoms with Crippen LogP contribution in [0.4, 0.5) is 5.82 Å². The maximum Gasteiger partial charge on any atom is 0.133 e. The second kappa shape index (κ2) is 12.7. The number of hydrogen-bond donors (Lipinski definition) is 1. The predicted molar refractivity (Wildman–Crippen MR) is 114 cm³/mol. The van der Waals surface area contributed by atoms with E-state index in [0.717, 1.165) is 36.5 Å². The zero-order valence-corrected chi connectivity index (χ0v) is 18.5. The Kier molecular flexibility index (Phi) is 11.4. The Morgan fingerprint density at radius 1 is 1.04 bits per heavy atom. The Balaban J connectivity index is 2.87. The van der Waals surface area contributed by atoms with Crippen molar-refractivity contribution in [2.45, 2.75) is 109 Å². The van der Waals surface area contributed by atoms with Gasteiger partial charge in [0.1, 0.15) is 11.6 Å². The summed E-state index contributed by atoms with van der Waals surface area (Å²) in [4.78, 5) is 10.2. The molecule has 1 rings (SSSR count). The third kappa shape index (κ3) is 8.52. The van der Waals surface area contributed by atoms with Gasteiger partial charge in [-0.15, -0.1) is 0 Å². The van der Waals surface area contributed by atoms with Crippen LogP contribution in [0, 0.1) is 6.92 Å². The Morgan fingerprint density at radius 3 is 2.36 bits per heavy atom. The molecule has 1 aromatic heterocycles. The van der Waals surface area contributed by atoms with Crippen LogP contribution in [0.25, 0.3) is 0 Å². The largest absolute Gasteiger partial charge is 0.367 e. The number of nitrogens with one attached hydrogen (secondary N) is 1. The lowest BCUT2D eigenvalue weighted by Crippen LogP contribution is -2.20. The number of alkyl halides is 1. The fraction of sp³-hybridized carbons (Fsp3) is 0.810. The Bertz CT molecular complexity index is 472. The zero-order valence-electron chi connectivity index (χ0n) is 16.9. The number of aryl methyl sites for hydroxylation is 1. The molecule has 0 spiro atoms. The maximum absolute atomic E-state index is 4.95. The molecule has 0 aliphatic carbocycles. The number of rotatable bonds is 13. The van der Waals surface area contributed by atoms with Crippen molar-refractivity contribution in [3.05, 3.63) is 17.6 Å². The van der Waals surface area contributed by atoms with E-state index in [9.17, 15) is 0 Å². The second-order valence-electron chi connectivity index (χ2n) is 7.32. The molecule has 3 nitrogen and oxygen atoms in total. The zero-order chi connectivity index (χ0) is 18.7. The van der Waals surface area contributed by atoms with Crippen molar-refractivity contribution in [2.75, 3.05) is 5.32 Å². The van der Waals surface area contributed by atoms with E-state index in [1.54, 1.807) is 0 Å². The van der Waals surface area contributed by atoms with Gasteiger partial charge in [-0.25, -0.2) is 9.97 Å². The molecule has 1 N–H and O–H groups in total. The van der Waals surface area contributed by atoms with Crippen molar-refractivity contribution in [1.82, 2.24) is 9.97 Å². The highest BCUT2D eigenvalue weighted by molar-refractivity contribution is 9.09. The molecule has 2 atom stereocenters. The average Bonchev–Trinajstić information content (AvgIpc) is 2.60. The van der Waals surface area contributed by atoms with Gasteiger partial charge in [0.15, 0.2) is 0 Å². The van der Waals surface area contributed by atoms with Gasteiger partial charge in [-0.2, -0.15) is 0 Å². The van der Waals surface area contributed by atoms with E-state index >= 15 is 0 Å². The van der Waals surface area contributed by atoms with E-state index in [1.807, 2.05) is 6.20 Å². The molecule has 0 aromatic carbocycles. The molecule has 25 heavy (non-hydrogen) atoms. The van der Waals surface area contributed by atoms with Crippen LogP contribution in [-0.2, 0) is 0 Å². The number of nitrogens with zero attached hydrogens (tertiary/aromatic N) is 2. The van der Waals surface area contributed by atoms with Gasteiger partial charge in [0, 0.05) is 28.5 Å². The number of unbranched alkanes of at least 4 members (excludes halogenated alkanes) is 3. The van der Waals surface area contributed by atoms with Gasteiger partial charge in [0.2, 0.25) is 0 Å². The van der Waals surface area contributed by atoms with Crippen molar-refractivity contribution >= 4 is 21.7 Å². The Labute approximate surface area is 163 Å². The van der Waals surface area contributed by atoms with Crippen LogP contribution in [0.1, 0.15) is 103 Å². The van der Waals surface area contributed by atoms with Crippen molar-refractivity contribution in [3.63, 3.8) is 0 Å². The lowest BCUT2D eigenvalue weighted by molar-refractivity contribution is 0.493. The van der Waals surface area contributed by atoms with E-state index in [0.29, 0.717) is 16.8 Å². The minimum Gasteiger partial charge on any atom is -0.367 e. The molecule has 0 fully saturated rings. The highest BCUT2D eigenvalue weighted by Gasteiger charge is 2.17. The molecule has 2 unspecified atom stereocenters. The summed E-state index contributed by atoms with van der Waals surface area (Å²) in [5.74, 6) is 2.53. The van der Waals surface area contributed by atoms with E-state index < -0.39 is 0 Å². The summed E-state index contributed by atoms with van der Waals surface area (Å²) in [7, 11) is 0. The summed E-state index contributed by atoms with van der Waals surface area (Å²) in [6.07, 6.45) is 13.0. The van der Waals surface area contributed by atoms with Gasteiger partial charge in [-0.3, -0.25) is 0 Å². The minimum absolute atomic E-state index is 0.472. The minimum atomic E-state index is 0.472. The normalized spacial score (nSPS) is 13.9. The topological polar surface area (TPSA) is 37.8 Å². The first-order valence-electron chi connectivity index (χ1n) is 10.3. The number of halogens is 1. The van der Waals surface area contributed by atoms with Crippen LogP contribution in [-0.4, -0.2) is 20.8 Å². The van der Waals surface area contributed by atoms with E-state index in [-0.39, 0.29) is 0 Å². The Morgan fingerprint density at radius 2 is 1.76 bits per heavy atom. The van der Waals surface area contributed by atoms with Crippen molar-refractivity contribution in [2.24, 2.45) is 0 Å². The predicted octanol–water partition coefficient (Wildman–Crippen LogP) is 7.00. The molecule has 1 heterocycles. The quantitative estimate of drug-likeness (QED) is 0.280. The van der Waals surface area contributed by atoms with Crippen LogP contribution in [0.15, 0.2) is 6.20 Å². The molecular formula is C21H38BrN3. The van der Waals surface area contributed by atoms with Crippen LogP contribution in [0.3, 0.4) is 0 Å². The van der Waals surface area contributed by atoms with Crippen LogP contribution < -0.4 is 5.32 Å². The van der Waals surface area contributed by atoms with Gasteiger partial charge in [-0.05, 0) is 39.0 Å². The third-order valence-electron chi connectivity index (χ3n) is 5.00. The van der Waals surface area contributed by atoms with E-state index in [4.69, 9.17) is 9.97 Å². The molecule has 1 aromatic rings. The highest BCUT2D eigenvalue weighted by Crippen LogP contribution is 2.28. The lowest BCUT2D eigenvalue weighted by atomic mass is 9.94. The summed E-state index contributed by atoms with van der Waals surface area (Å²) in [6, 6.07) is 0.493. The van der Waals surface area contributed by atoms with Crippen LogP contribution in [0.2, 0.25) is 0 Å². The maximum atomic E-state index is 4.95. The van der Waals surface area contributed by atoms with Crippen LogP contribution >= 0.6 is 15.9 Å². The molecule has 0 aliphatic rings. The SMILES string of the molecule is CCCCCCC(CCC(C)Br)c1ncc(C)c(NC(CC)CC)n1. The summed E-state index contributed by atoms with van der Waals surface area (Å²) in [5, 5.41) is 3.62. The first-order chi connectivity index (χ1) is 12.0. The smallest absolute Gasteiger partial charge is 0.133 e. The molecule has 144 valence electrons. The van der Waals surface area contributed by atoms with Gasteiger partial charge >= 0.3 is 0 Å². The number of hydrogen-bond acceptors (Lipinski definition) is 3. The average molecular weight is 412 g/mol. The van der Waals surface area contributed by atoms with Crippen molar-refractivity contribution in [3.8, 4) is 0 Å². The molecule has 0 saturated carbocycles. The second-order valence-corrected chi connectivity index (χ2v) is 8.89. The lowest BCUT2D eigenvalue weighted by Gasteiger charge is -2.20. The van der Waals surface area contributed by atoms with Crippen molar-refractivity contribution < 1.29 is 0 Å². The van der Waals surface area contributed by atoms with Crippen molar-refractivity contribution in [1.29, 1.82) is 0 Å². The molecule has 0 aliphatic heterocycles. The molecule has 0 saturated heterocycles. The first-order valence-corrected chi connectivity index (χ1v) is 11.2. The van der Waals surface area contributed by atoms with Gasteiger partial charge in [-0.1, -0.05) is 69.3 Å². The van der Waals surface area contributed by atoms with Gasteiger partial charge < -0.3 is 5.32 Å². The summed E-state index contributed by atoms with van der Waals surface area (Å²) in [5.41, 5.74) is 1.15. The Hall–Kier alpha value is -0.640. The monoisotopic (exact) mass is 411 g/mol. The molecule has 4 heteroatoms. The molecule has 0 bridgehead atoms. The molecular weight excluding hydrogens is 374 g/mol. The summed E-state index contributed by atoms with van der Waals surface area (Å²) >= 11 is 3.69. The van der Waals surface area contributed by atoms with E-state index in [1.165, 1.54) is 38.5 Å². The summed E-state index contributed by atoms with van der Waals surface area (Å²) in [6.45, 7) is 11.1. The summed E-state index contributed by atoms with van der Waals surface area (Å²) < 4.78 is 0. The third-order valence-corrected chi connectivity index (χ3v) is 5.46. The van der Waals surface area contributed by atoms with Gasteiger partial charge in [0.05, 0.1) is 0 Å². The molecule has 0 radical (unpaired) electrons. The standard InChI is InChI=1S/C21H38BrN3/c1-6-9-10-11-12-18(14-13-17(5)22)21-23-15-16(4)20(25-21)24-19(7-2)8-3/h15,17-19H,6-14H2,1-5H3,(H,23,24,25). The van der Waals surface area contributed by atoms with Gasteiger partial charge in [0.25, 0.3) is 0 Å². The fourth-order valence-corrected chi connectivity index (χ4v) is 3.40. The van der Waals surface area contributed by atoms with Crippen LogP contribution in [0.5, 0.6) is 0 Å². The van der Waals surface area contributed by atoms with E-state index in [2.05, 4.69) is 55.9 Å². The number of aromatic nitrogens is 2. The number of anilines is 1. The highest BCUT2D eigenvalue weighted by atomic mass is 79.9. The molecule has 0 amide bonds. The first kappa shape index (κ1) is 22.4.